The van der Waals surface area contributed by atoms with E-state index in [4.69, 9.17) is 4.52 Å². The molecular formula is C23H18F3N5O2. The van der Waals surface area contributed by atoms with E-state index in [0.29, 0.717) is 48.4 Å². The number of piperidine rings is 1. The lowest BCUT2D eigenvalue weighted by atomic mass is 9.96. The van der Waals surface area contributed by atoms with Crippen molar-refractivity contribution in [3.8, 4) is 11.3 Å². The molecule has 0 spiro atoms. The van der Waals surface area contributed by atoms with Gasteiger partial charge in [-0.2, -0.15) is 4.98 Å². The van der Waals surface area contributed by atoms with Gasteiger partial charge in [-0.1, -0.05) is 5.16 Å². The molecule has 0 saturated carbocycles. The summed E-state index contributed by atoms with van der Waals surface area (Å²) in [7, 11) is 0. The Morgan fingerprint density at radius 3 is 2.64 bits per heavy atom. The van der Waals surface area contributed by atoms with Gasteiger partial charge < -0.3 is 14.7 Å². The van der Waals surface area contributed by atoms with Crippen LogP contribution in [0.25, 0.3) is 22.4 Å². The first-order chi connectivity index (χ1) is 16.0. The van der Waals surface area contributed by atoms with Gasteiger partial charge in [0.05, 0.1) is 11.6 Å². The predicted octanol–water partition coefficient (Wildman–Crippen LogP) is 4.56. The number of nitrogens with zero attached hydrogens (tertiary/aromatic N) is 4. The minimum atomic E-state index is -0.832. The number of amides is 1. The maximum Gasteiger partial charge on any atom is 0.263 e. The van der Waals surface area contributed by atoms with Gasteiger partial charge in [-0.25, -0.2) is 18.2 Å². The van der Waals surface area contributed by atoms with Crippen LogP contribution in [0.15, 0.2) is 53.3 Å². The van der Waals surface area contributed by atoms with Gasteiger partial charge in [0, 0.05) is 24.7 Å². The van der Waals surface area contributed by atoms with Crippen LogP contribution >= 0.6 is 0 Å². The number of carbonyl (C=O) groups is 1. The van der Waals surface area contributed by atoms with Gasteiger partial charge in [-0.3, -0.25) is 4.79 Å². The first kappa shape index (κ1) is 20.9. The summed E-state index contributed by atoms with van der Waals surface area (Å²) in [5.41, 5.74) is 1.32. The third-order valence-electron chi connectivity index (χ3n) is 5.65. The van der Waals surface area contributed by atoms with E-state index >= 15 is 0 Å². The Morgan fingerprint density at radius 1 is 1.06 bits per heavy atom. The Hall–Kier alpha value is -3.95. The highest BCUT2D eigenvalue weighted by atomic mass is 19.1. The van der Waals surface area contributed by atoms with Crippen LogP contribution < -0.4 is 10.2 Å². The molecule has 2 aromatic carbocycles. The fourth-order valence-corrected chi connectivity index (χ4v) is 4.03. The van der Waals surface area contributed by atoms with Crippen LogP contribution in [0.4, 0.5) is 24.7 Å². The second kappa shape index (κ2) is 8.53. The maximum atomic E-state index is 14.0. The molecule has 1 atom stereocenters. The molecule has 1 aliphatic rings. The molecule has 1 amide bonds. The van der Waals surface area contributed by atoms with E-state index < -0.39 is 17.6 Å². The fourth-order valence-electron chi connectivity index (χ4n) is 4.03. The molecule has 168 valence electrons. The highest BCUT2D eigenvalue weighted by molar-refractivity contribution is 5.98. The third-order valence-corrected chi connectivity index (χ3v) is 5.65. The number of halogens is 3. The third kappa shape index (κ3) is 4.11. The van der Waals surface area contributed by atoms with Gasteiger partial charge in [-0.15, -0.1) is 0 Å². The standard InChI is InChI=1S/C23H18F3N5O2/c24-15-5-3-13(4-6-15)20-19-21(27-12-28-23(19)33-30-20)31-9-1-2-14(11-31)22(32)29-18-8-7-16(25)10-17(18)26/h3-8,10,12,14H,1-2,9,11H2,(H,29,32). The molecular weight excluding hydrogens is 435 g/mol. The van der Waals surface area contributed by atoms with Crippen molar-refractivity contribution in [2.24, 2.45) is 5.92 Å². The molecule has 1 unspecified atom stereocenters. The predicted molar refractivity (Wildman–Crippen MR) is 115 cm³/mol. The molecule has 1 fully saturated rings. The number of hydrogen-bond acceptors (Lipinski definition) is 6. The first-order valence-corrected chi connectivity index (χ1v) is 10.4. The van der Waals surface area contributed by atoms with Crippen molar-refractivity contribution in [2.75, 3.05) is 23.3 Å². The van der Waals surface area contributed by atoms with Crippen LogP contribution in [0.5, 0.6) is 0 Å². The Kier molecular flexibility index (Phi) is 5.41. The highest BCUT2D eigenvalue weighted by Crippen LogP contribution is 2.35. The van der Waals surface area contributed by atoms with Gasteiger partial charge in [0.25, 0.3) is 5.71 Å². The van der Waals surface area contributed by atoms with Crippen molar-refractivity contribution in [1.29, 1.82) is 0 Å². The Morgan fingerprint density at radius 2 is 1.85 bits per heavy atom. The Labute approximate surface area is 186 Å². The molecule has 10 heteroatoms. The molecule has 4 aromatic rings. The number of nitrogens with one attached hydrogen (secondary N) is 1. The average Bonchev–Trinajstić information content (AvgIpc) is 3.26. The highest BCUT2D eigenvalue weighted by Gasteiger charge is 2.29. The molecule has 1 saturated heterocycles. The van der Waals surface area contributed by atoms with Gasteiger partial charge in [0.15, 0.2) is 0 Å². The van der Waals surface area contributed by atoms with Crippen LogP contribution in [-0.4, -0.2) is 34.1 Å². The van der Waals surface area contributed by atoms with Crippen molar-refractivity contribution >= 4 is 28.5 Å². The van der Waals surface area contributed by atoms with Gasteiger partial charge in [-0.05, 0) is 49.2 Å². The zero-order chi connectivity index (χ0) is 22.9. The summed E-state index contributed by atoms with van der Waals surface area (Å²) in [6, 6.07) is 8.85. The lowest BCUT2D eigenvalue weighted by molar-refractivity contribution is -0.120. The molecule has 1 aliphatic heterocycles. The molecule has 0 radical (unpaired) electrons. The second-order valence-electron chi connectivity index (χ2n) is 7.81. The lowest BCUT2D eigenvalue weighted by Gasteiger charge is -2.33. The van der Waals surface area contributed by atoms with Gasteiger partial charge in [0.1, 0.15) is 40.7 Å². The number of aromatic nitrogens is 3. The maximum absolute atomic E-state index is 14.0. The minimum Gasteiger partial charge on any atom is -0.355 e. The summed E-state index contributed by atoms with van der Waals surface area (Å²) in [6.45, 7) is 0.962. The summed E-state index contributed by atoms with van der Waals surface area (Å²) in [5.74, 6) is -2.17. The topological polar surface area (TPSA) is 84.2 Å². The van der Waals surface area contributed by atoms with Crippen molar-refractivity contribution in [3.63, 3.8) is 0 Å². The zero-order valence-electron chi connectivity index (χ0n) is 17.3. The van der Waals surface area contributed by atoms with Crippen molar-refractivity contribution in [3.05, 3.63) is 66.2 Å². The molecule has 0 bridgehead atoms. The van der Waals surface area contributed by atoms with Gasteiger partial charge >= 0.3 is 0 Å². The molecule has 2 aromatic heterocycles. The number of carbonyl (C=O) groups excluding carboxylic acids is 1. The van der Waals surface area contributed by atoms with Crippen LogP contribution in [0.2, 0.25) is 0 Å². The van der Waals surface area contributed by atoms with Crippen molar-refractivity contribution in [2.45, 2.75) is 12.8 Å². The fraction of sp³-hybridized carbons (Fsp3) is 0.217. The van der Waals surface area contributed by atoms with Crippen LogP contribution in [-0.2, 0) is 4.79 Å². The van der Waals surface area contributed by atoms with Crippen molar-refractivity contribution in [1.82, 2.24) is 15.1 Å². The van der Waals surface area contributed by atoms with E-state index in [1.54, 1.807) is 12.1 Å². The number of rotatable bonds is 4. The minimum absolute atomic E-state index is 0.0689. The van der Waals surface area contributed by atoms with E-state index in [-0.39, 0.29) is 23.1 Å². The number of anilines is 2. The Bertz CT molecular complexity index is 1330. The summed E-state index contributed by atoms with van der Waals surface area (Å²) < 4.78 is 45.9. The quantitative estimate of drug-likeness (QED) is 0.488. The molecule has 33 heavy (non-hydrogen) atoms. The van der Waals surface area contributed by atoms with Crippen LogP contribution in [0.3, 0.4) is 0 Å². The summed E-state index contributed by atoms with van der Waals surface area (Å²) in [5, 5.41) is 7.21. The normalized spacial score (nSPS) is 16.2. The average molecular weight is 453 g/mol. The van der Waals surface area contributed by atoms with Crippen molar-refractivity contribution < 1.29 is 22.5 Å². The molecule has 3 heterocycles. The van der Waals surface area contributed by atoms with Crippen LogP contribution in [0, 0.1) is 23.4 Å². The first-order valence-electron chi connectivity index (χ1n) is 10.4. The number of fused-ring (bicyclic) bond motifs is 1. The van der Waals surface area contributed by atoms with E-state index in [9.17, 15) is 18.0 Å². The van der Waals surface area contributed by atoms with E-state index in [0.717, 1.165) is 12.1 Å². The molecule has 1 N–H and O–H groups in total. The number of benzene rings is 2. The summed E-state index contributed by atoms with van der Waals surface area (Å²) >= 11 is 0. The molecule has 0 aliphatic carbocycles. The monoisotopic (exact) mass is 453 g/mol. The SMILES string of the molecule is O=C(Nc1ccc(F)cc1F)C1CCCN(c2ncnc3onc(-c4ccc(F)cc4)c23)C1. The second-order valence-corrected chi connectivity index (χ2v) is 7.81. The smallest absolute Gasteiger partial charge is 0.263 e. The van der Waals surface area contributed by atoms with Crippen LogP contribution in [0.1, 0.15) is 12.8 Å². The zero-order valence-corrected chi connectivity index (χ0v) is 17.3. The molecule has 7 nitrogen and oxygen atoms in total. The van der Waals surface area contributed by atoms with E-state index in [2.05, 4.69) is 20.4 Å². The largest absolute Gasteiger partial charge is 0.355 e. The summed E-state index contributed by atoms with van der Waals surface area (Å²) in [4.78, 5) is 23.3. The van der Waals surface area contributed by atoms with E-state index in [1.807, 2.05) is 4.90 Å². The van der Waals surface area contributed by atoms with Gasteiger partial charge in [0.2, 0.25) is 5.91 Å². The van der Waals surface area contributed by atoms with E-state index in [1.165, 1.54) is 24.5 Å². The number of hydrogen-bond donors (Lipinski definition) is 1. The molecule has 5 rings (SSSR count). The summed E-state index contributed by atoms with van der Waals surface area (Å²) in [6.07, 6.45) is 2.66. The lowest BCUT2D eigenvalue weighted by Crippen LogP contribution is -2.41. The Balaban J connectivity index is 1.42.